The van der Waals surface area contributed by atoms with E-state index in [-0.39, 0.29) is 39.9 Å². The Hall–Kier alpha value is -4.06. The first-order valence-electron chi connectivity index (χ1n) is 16.9. The molecule has 0 N–H and O–H groups in total. The molecule has 0 unspecified atom stereocenters. The fraction of sp³-hybridized carbons (Fsp3) is 0.279. The van der Waals surface area contributed by atoms with Gasteiger partial charge in [-0.15, -0.1) is 17.0 Å². The predicted octanol–water partition coefficient (Wildman–Crippen LogP) is 12.7. The van der Waals surface area contributed by atoms with Crippen LogP contribution in [0.3, 0.4) is 0 Å². The summed E-state index contributed by atoms with van der Waals surface area (Å²) in [6.07, 6.45) is 0. The van der Waals surface area contributed by atoms with Crippen LogP contribution in [0.25, 0.3) is 0 Å². The van der Waals surface area contributed by atoms with Crippen LogP contribution >= 0.6 is 17.0 Å². The van der Waals surface area contributed by atoms with Crippen molar-refractivity contribution in [2.75, 3.05) is 0 Å². The smallest absolute Gasteiger partial charge is 0.211 e. The van der Waals surface area contributed by atoms with E-state index in [1.165, 1.54) is 22.3 Å². The van der Waals surface area contributed by atoms with E-state index in [9.17, 15) is 9.59 Å². The van der Waals surface area contributed by atoms with Crippen LogP contribution in [0, 0.1) is 0 Å². The number of rotatable bonds is 10. The summed E-state index contributed by atoms with van der Waals surface area (Å²) in [5.74, 6) is 1.40. The Morgan fingerprint density at radius 2 is 0.760 bits per heavy atom. The molecule has 0 aliphatic rings. The Labute approximate surface area is 314 Å². The van der Waals surface area contributed by atoms with Gasteiger partial charge in [0.25, 0.3) is 0 Å². The van der Waals surface area contributed by atoms with Gasteiger partial charge in [0.15, 0.2) is 0 Å². The van der Waals surface area contributed by atoms with E-state index in [2.05, 4.69) is 96.8 Å². The van der Waals surface area contributed by atoms with E-state index in [4.69, 9.17) is 8.06 Å². The second-order valence-electron chi connectivity index (χ2n) is 13.2. The van der Waals surface area contributed by atoms with Gasteiger partial charge in [-0.05, 0) is 12.1 Å². The van der Waals surface area contributed by atoms with Gasteiger partial charge in [-0.1, -0.05) is 66.7 Å². The fourth-order valence-electron chi connectivity index (χ4n) is 5.43. The molecule has 0 bridgehead atoms. The van der Waals surface area contributed by atoms with Crippen LogP contribution in [-0.4, -0.2) is 16.6 Å². The molecule has 0 saturated heterocycles. The summed E-state index contributed by atoms with van der Waals surface area (Å²) in [4.78, 5) is 29.0. The van der Waals surface area contributed by atoms with Crippen LogP contribution in [0.1, 0.15) is 133 Å². The van der Waals surface area contributed by atoms with Crippen LogP contribution in [0.5, 0.6) is 0 Å². The molecule has 7 heteroatoms. The Balaban J connectivity index is 0.000000270. The summed E-state index contributed by atoms with van der Waals surface area (Å²) in [6, 6.07) is 35.8. The molecule has 0 amide bonds. The molecule has 0 saturated carbocycles. The quantitative estimate of drug-likeness (QED) is 0.105. The SMILES string of the molecule is Br.CC(C)c1cccc(C(C)C)c1[N]=[Ni]=[N]c1c(C(C)C)cccc1C(C)C.O=C(c1ccccc1)c1cccc(C(=O)c2ccccc2)n1. The minimum absolute atomic E-state index is 0. The fourth-order valence-corrected chi connectivity index (χ4v) is 6.19. The monoisotopic (exact) mass is 775 g/mol. The number of pyridine rings is 1. The van der Waals surface area contributed by atoms with Crippen molar-refractivity contribution >= 4 is 39.9 Å². The topological polar surface area (TPSA) is 71.8 Å². The average molecular weight is 777 g/mol. The van der Waals surface area contributed by atoms with Crippen molar-refractivity contribution in [2.24, 2.45) is 8.06 Å². The van der Waals surface area contributed by atoms with Gasteiger partial charge in [0.2, 0.25) is 11.6 Å². The largest absolute Gasteiger partial charge is 0.287 e. The van der Waals surface area contributed by atoms with E-state index >= 15 is 0 Å². The molecule has 0 aliphatic carbocycles. The zero-order valence-electron chi connectivity index (χ0n) is 30.2. The Kier molecular flexibility index (Phi) is 15.6. The van der Waals surface area contributed by atoms with E-state index in [0.29, 0.717) is 34.8 Å². The Bertz CT molecular complexity index is 1760. The molecule has 0 aliphatic heterocycles. The third-order valence-electron chi connectivity index (χ3n) is 8.18. The maximum absolute atomic E-state index is 12.4. The molecular weight excluding hydrogens is 729 g/mol. The van der Waals surface area contributed by atoms with Crippen molar-refractivity contribution < 1.29 is 23.6 Å². The zero-order valence-corrected chi connectivity index (χ0v) is 32.9. The molecule has 0 atom stereocenters. The number of nitrogens with zero attached hydrogens (tertiary/aromatic N) is 3. The summed E-state index contributed by atoms with van der Waals surface area (Å²) in [5, 5.41) is 0. The molecular formula is C43H48BrN3NiO2. The first-order chi connectivity index (χ1) is 23.5. The van der Waals surface area contributed by atoms with Crippen LogP contribution in [-0.2, 0) is 14.0 Å². The van der Waals surface area contributed by atoms with Crippen molar-refractivity contribution in [3.63, 3.8) is 0 Å². The Morgan fingerprint density at radius 3 is 1.06 bits per heavy atom. The molecule has 5 aromatic rings. The number of ketones is 2. The molecule has 264 valence electrons. The van der Waals surface area contributed by atoms with Crippen molar-refractivity contribution in [1.29, 1.82) is 0 Å². The van der Waals surface area contributed by atoms with Gasteiger partial charge >= 0.3 is 171 Å². The van der Waals surface area contributed by atoms with Gasteiger partial charge in [-0.3, -0.25) is 9.59 Å². The average Bonchev–Trinajstić information content (AvgIpc) is 3.11. The van der Waals surface area contributed by atoms with E-state index in [1.54, 1.807) is 66.7 Å². The summed E-state index contributed by atoms with van der Waals surface area (Å²) in [7, 11) is 0. The van der Waals surface area contributed by atoms with E-state index < -0.39 is 0 Å². The van der Waals surface area contributed by atoms with Gasteiger partial charge in [0, 0.05) is 11.1 Å². The third-order valence-corrected chi connectivity index (χ3v) is 8.82. The number of aromatic nitrogens is 1. The number of halogens is 1. The standard InChI is InChI=1S/C19H13NO2.2C12H17N.BrH.Ni/c21-18(14-8-3-1-4-9-14)16-12-7-13-17(20-16)19(22)15-10-5-2-6-11-15;2*1-8(2)10-6-5-7-11(9(3)4)12(10)13;;/h1-13H;2*5-9H,1-4H3;1H;. The summed E-state index contributed by atoms with van der Waals surface area (Å²) < 4.78 is 9.83. The van der Waals surface area contributed by atoms with Crippen molar-refractivity contribution in [3.05, 3.63) is 160 Å². The van der Waals surface area contributed by atoms with Crippen molar-refractivity contribution in [1.82, 2.24) is 4.98 Å². The number of hydrogen-bond acceptors (Lipinski definition) is 5. The normalized spacial score (nSPS) is 10.9. The second kappa shape index (κ2) is 19.4. The van der Waals surface area contributed by atoms with Crippen molar-refractivity contribution in [2.45, 2.75) is 79.1 Å². The molecule has 0 spiro atoms. The van der Waals surface area contributed by atoms with E-state index in [1.807, 2.05) is 12.1 Å². The van der Waals surface area contributed by atoms with Crippen LogP contribution in [0.15, 0.2) is 123 Å². The Morgan fingerprint density at radius 1 is 0.460 bits per heavy atom. The molecule has 50 heavy (non-hydrogen) atoms. The van der Waals surface area contributed by atoms with Crippen LogP contribution in [0.2, 0.25) is 0 Å². The molecule has 1 aromatic heterocycles. The molecule has 1 heterocycles. The first kappa shape index (κ1) is 40.4. The third kappa shape index (κ3) is 10.5. The zero-order chi connectivity index (χ0) is 35.5. The number of carbonyl (C=O) groups is 2. The summed E-state index contributed by atoms with van der Waals surface area (Å²) >= 11 is 1.12. The minimum atomic E-state index is -0.191. The number of carbonyl (C=O) groups excluding carboxylic acids is 2. The predicted molar refractivity (Wildman–Crippen MR) is 208 cm³/mol. The summed E-state index contributed by atoms with van der Waals surface area (Å²) in [5.41, 5.74) is 9.08. The minimum Gasteiger partial charge on any atom is -0.287 e. The van der Waals surface area contributed by atoms with Gasteiger partial charge in [0.05, 0.1) is 0 Å². The first-order valence-corrected chi connectivity index (χ1v) is 17.8. The van der Waals surface area contributed by atoms with E-state index in [0.717, 1.165) is 25.4 Å². The van der Waals surface area contributed by atoms with Gasteiger partial charge < -0.3 is 0 Å². The molecule has 0 radical (unpaired) electrons. The molecule has 5 nitrogen and oxygen atoms in total. The maximum Gasteiger partial charge on any atom is 0.211 e. The number of benzene rings is 4. The van der Waals surface area contributed by atoms with Gasteiger partial charge in [-0.2, -0.15) is 0 Å². The van der Waals surface area contributed by atoms with Crippen molar-refractivity contribution in [3.8, 4) is 0 Å². The van der Waals surface area contributed by atoms with Crippen LogP contribution in [0.4, 0.5) is 11.4 Å². The van der Waals surface area contributed by atoms with Gasteiger partial charge in [-0.25, -0.2) is 4.98 Å². The second-order valence-corrected chi connectivity index (χ2v) is 13.8. The molecule has 0 fully saturated rings. The molecule has 4 aromatic carbocycles. The number of hydrogen-bond donors (Lipinski definition) is 0. The maximum atomic E-state index is 12.4. The molecule has 5 rings (SSSR count). The van der Waals surface area contributed by atoms with Gasteiger partial charge in [0.1, 0.15) is 11.4 Å². The van der Waals surface area contributed by atoms with Crippen LogP contribution < -0.4 is 0 Å². The summed E-state index contributed by atoms with van der Waals surface area (Å²) in [6.45, 7) is 17.8.